The zero-order valence-corrected chi connectivity index (χ0v) is 6.67. The van der Waals surface area contributed by atoms with E-state index in [1.54, 1.807) is 0 Å². The molecule has 0 bridgehead atoms. The van der Waals surface area contributed by atoms with E-state index in [0.717, 1.165) is 12.1 Å². The monoisotopic (exact) mass is 187 g/mol. The molecule has 5 heteroatoms. The Morgan fingerprint density at radius 3 is 2.31 bits per heavy atom. The minimum atomic E-state index is -0.734. The molecule has 0 aliphatic rings. The van der Waals surface area contributed by atoms with E-state index >= 15 is 0 Å². The van der Waals surface area contributed by atoms with Crippen LogP contribution >= 0.6 is 0 Å². The first-order valence-corrected chi connectivity index (χ1v) is 3.66. The van der Waals surface area contributed by atoms with Crippen LogP contribution < -0.4 is 0 Å². The van der Waals surface area contributed by atoms with Crippen molar-refractivity contribution in [1.82, 2.24) is 0 Å². The first kappa shape index (κ1) is 9.57. The van der Waals surface area contributed by atoms with Crippen LogP contribution in [0, 0.1) is 21.7 Å². The Bertz CT molecular complexity index is 308. The second-order valence-electron chi connectivity index (χ2n) is 2.51. The van der Waals surface area contributed by atoms with E-state index in [0.29, 0.717) is 0 Å². The first-order valence-electron chi connectivity index (χ1n) is 3.66. The molecule has 1 aromatic carbocycles. The van der Waals surface area contributed by atoms with E-state index in [2.05, 4.69) is 0 Å². The highest BCUT2D eigenvalue weighted by atomic mass is 19.1. The number of halogens is 2. The van der Waals surface area contributed by atoms with Crippen LogP contribution in [0.2, 0.25) is 0 Å². The zero-order chi connectivity index (χ0) is 9.84. The lowest BCUT2D eigenvalue weighted by molar-refractivity contribution is -0.479. The van der Waals surface area contributed by atoms with Crippen LogP contribution in [0.5, 0.6) is 0 Å². The number of nitro groups is 1. The number of rotatable bonds is 3. The predicted octanol–water partition coefficient (Wildman–Crippen LogP) is 1.78. The van der Waals surface area contributed by atoms with Crippen molar-refractivity contribution in [3.05, 3.63) is 45.5 Å². The fraction of sp³-hybridized carbons (Fsp3) is 0.250. The number of nitrogens with zero attached hydrogens (tertiary/aromatic N) is 1. The van der Waals surface area contributed by atoms with Gasteiger partial charge in [0.25, 0.3) is 0 Å². The summed E-state index contributed by atoms with van der Waals surface area (Å²) in [7, 11) is 0. The maximum Gasteiger partial charge on any atom is 0.208 e. The smallest absolute Gasteiger partial charge is 0.208 e. The molecular weight excluding hydrogens is 180 g/mol. The molecule has 0 saturated carbocycles. The lowest BCUT2D eigenvalue weighted by Gasteiger charge is -2.00. The highest BCUT2D eigenvalue weighted by molar-refractivity contribution is 5.19. The molecular formula is C8H7F2NO2. The topological polar surface area (TPSA) is 43.1 Å². The van der Waals surface area contributed by atoms with Crippen molar-refractivity contribution in [3.8, 4) is 0 Å². The van der Waals surface area contributed by atoms with Gasteiger partial charge in [0.1, 0.15) is 11.6 Å². The van der Waals surface area contributed by atoms with E-state index in [1.807, 2.05) is 0 Å². The lowest BCUT2D eigenvalue weighted by atomic mass is 10.1. The minimum absolute atomic E-state index is 0.217. The third-order valence-corrected chi connectivity index (χ3v) is 1.61. The molecule has 0 unspecified atom stereocenters. The van der Waals surface area contributed by atoms with E-state index in [1.165, 1.54) is 6.07 Å². The molecule has 0 atom stereocenters. The zero-order valence-electron chi connectivity index (χ0n) is 6.67. The van der Waals surface area contributed by atoms with Crippen molar-refractivity contribution < 1.29 is 13.7 Å². The SMILES string of the molecule is O=[N+]([O-])CCc1c(F)cccc1F. The summed E-state index contributed by atoms with van der Waals surface area (Å²) in [6.45, 7) is -0.460. The molecule has 0 heterocycles. The lowest BCUT2D eigenvalue weighted by Crippen LogP contribution is -2.07. The van der Waals surface area contributed by atoms with Crippen LogP contribution in [0.4, 0.5) is 8.78 Å². The quantitative estimate of drug-likeness (QED) is 0.534. The summed E-state index contributed by atoms with van der Waals surface area (Å²) in [5.74, 6) is -1.47. The second kappa shape index (κ2) is 3.93. The maximum atomic E-state index is 12.8. The van der Waals surface area contributed by atoms with Crippen molar-refractivity contribution in [2.75, 3.05) is 6.54 Å². The van der Waals surface area contributed by atoms with Crippen LogP contribution in [0.1, 0.15) is 5.56 Å². The van der Waals surface area contributed by atoms with Crippen LogP contribution in [0.25, 0.3) is 0 Å². The summed E-state index contributed by atoms with van der Waals surface area (Å²) in [5, 5.41) is 9.96. The van der Waals surface area contributed by atoms with Gasteiger partial charge in [0.2, 0.25) is 6.54 Å². The Hall–Kier alpha value is -1.52. The van der Waals surface area contributed by atoms with Gasteiger partial charge in [0, 0.05) is 16.9 Å². The average Bonchev–Trinajstić information content (AvgIpc) is 2.03. The van der Waals surface area contributed by atoms with Gasteiger partial charge in [-0.2, -0.15) is 0 Å². The van der Waals surface area contributed by atoms with Crippen molar-refractivity contribution >= 4 is 0 Å². The van der Waals surface area contributed by atoms with E-state index in [9.17, 15) is 18.9 Å². The third-order valence-electron chi connectivity index (χ3n) is 1.61. The van der Waals surface area contributed by atoms with Crippen molar-refractivity contribution in [2.24, 2.45) is 0 Å². The molecule has 0 aliphatic heterocycles. The summed E-state index contributed by atoms with van der Waals surface area (Å²) >= 11 is 0. The molecule has 0 saturated heterocycles. The molecule has 3 nitrogen and oxygen atoms in total. The van der Waals surface area contributed by atoms with E-state index < -0.39 is 23.1 Å². The third kappa shape index (κ3) is 2.47. The van der Waals surface area contributed by atoms with Crippen LogP contribution in [-0.4, -0.2) is 11.5 Å². The molecule has 0 N–H and O–H groups in total. The van der Waals surface area contributed by atoms with Crippen LogP contribution in [-0.2, 0) is 6.42 Å². The standard InChI is InChI=1S/C8H7F2NO2/c9-7-2-1-3-8(10)6(7)4-5-11(12)13/h1-3H,4-5H2. The second-order valence-corrected chi connectivity index (χ2v) is 2.51. The molecule has 1 rings (SSSR count). The van der Waals surface area contributed by atoms with Gasteiger partial charge in [-0.3, -0.25) is 10.1 Å². The fourth-order valence-corrected chi connectivity index (χ4v) is 0.974. The Labute approximate surface area is 73.1 Å². The number of benzene rings is 1. The highest BCUT2D eigenvalue weighted by Crippen LogP contribution is 2.12. The minimum Gasteiger partial charge on any atom is -0.265 e. The van der Waals surface area contributed by atoms with Crippen LogP contribution in [0.3, 0.4) is 0 Å². The number of hydrogen-bond acceptors (Lipinski definition) is 2. The summed E-state index contributed by atoms with van der Waals surface area (Å²) in [5.41, 5.74) is -0.223. The van der Waals surface area contributed by atoms with E-state index in [4.69, 9.17) is 0 Å². The largest absolute Gasteiger partial charge is 0.265 e. The highest BCUT2D eigenvalue weighted by Gasteiger charge is 2.10. The van der Waals surface area contributed by atoms with Crippen LogP contribution in [0.15, 0.2) is 18.2 Å². The van der Waals surface area contributed by atoms with Gasteiger partial charge < -0.3 is 0 Å². The Kier molecular flexibility index (Phi) is 2.89. The van der Waals surface area contributed by atoms with Gasteiger partial charge in [0.05, 0.1) is 0 Å². The van der Waals surface area contributed by atoms with Gasteiger partial charge in [-0.1, -0.05) is 6.07 Å². The van der Waals surface area contributed by atoms with Gasteiger partial charge in [-0.05, 0) is 12.1 Å². The molecule has 13 heavy (non-hydrogen) atoms. The summed E-state index contributed by atoms with van der Waals surface area (Å²) in [6, 6.07) is 3.39. The maximum absolute atomic E-state index is 12.8. The van der Waals surface area contributed by atoms with Gasteiger partial charge in [-0.15, -0.1) is 0 Å². The molecule has 0 aromatic heterocycles. The van der Waals surface area contributed by atoms with Crippen molar-refractivity contribution in [3.63, 3.8) is 0 Å². The van der Waals surface area contributed by atoms with Gasteiger partial charge in [0.15, 0.2) is 0 Å². The van der Waals surface area contributed by atoms with E-state index in [-0.39, 0.29) is 12.0 Å². The molecule has 0 radical (unpaired) electrons. The van der Waals surface area contributed by atoms with Crippen molar-refractivity contribution in [1.29, 1.82) is 0 Å². The van der Waals surface area contributed by atoms with Crippen molar-refractivity contribution in [2.45, 2.75) is 6.42 Å². The molecule has 70 valence electrons. The normalized spacial score (nSPS) is 10.0. The molecule has 0 aliphatic carbocycles. The number of hydrogen-bond donors (Lipinski definition) is 0. The first-order chi connectivity index (χ1) is 6.11. The fourth-order valence-electron chi connectivity index (χ4n) is 0.974. The average molecular weight is 187 g/mol. The Morgan fingerprint density at radius 1 is 1.31 bits per heavy atom. The predicted molar refractivity (Wildman–Crippen MR) is 41.9 cm³/mol. The summed E-state index contributed by atoms with van der Waals surface area (Å²) in [4.78, 5) is 9.35. The van der Waals surface area contributed by atoms with Gasteiger partial charge >= 0.3 is 0 Å². The molecule has 0 spiro atoms. The molecule has 0 fully saturated rings. The Morgan fingerprint density at radius 2 is 1.85 bits per heavy atom. The summed E-state index contributed by atoms with van der Waals surface area (Å²) in [6.07, 6.45) is -0.217. The molecule has 1 aromatic rings. The molecule has 0 amide bonds. The summed E-state index contributed by atoms with van der Waals surface area (Å²) < 4.78 is 25.7. The Balaban J connectivity index is 2.81. The van der Waals surface area contributed by atoms with Gasteiger partial charge in [-0.25, -0.2) is 8.78 Å².